The van der Waals surface area contributed by atoms with E-state index in [1.165, 1.54) is 11.8 Å². The van der Waals surface area contributed by atoms with Crippen molar-refractivity contribution in [3.63, 3.8) is 0 Å². The first-order chi connectivity index (χ1) is 7.15. The van der Waals surface area contributed by atoms with Crippen LogP contribution < -0.4 is 11.1 Å². The smallest absolute Gasteiger partial charge is 0.252 e. The molecule has 2 amide bonds. The third-order valence-electron chi connectivity index (χ3n) is 1.77. The molecule has 0 atom stereocenters. The number of primary amides is 1. The lowest BCUT2D eigenvalue weighted by Crippen LogP contribution is -2.33. The fourth-order valence-electron chi connectivity index (χ4n) is 1.09. The number of rotatable bonds is 4. The lowest BCUT2D eigenvalue weighted by molar-refractivity contribution is -0.117. The van der Waals surface area contributed by atoms with Crippen molar-refractivity contribution >= 4 is 23.6 Å². The topological polar surface area (TPSA) is 72.2 Å². The SMILES string of the molecule is CSc1ccccc1C(=O)NCC(N)=O. The molecular weight excluding hydrogens is 212 g/mol. The molecule has 0 saturated carbocycles. The Morgan fingerprint density at radius 2 is 2.07 bits per heavy atom. The molecule has 1 aromatic rings. The first-order valence-corrected chi connectivity index (χ1v) is 5.57. The Labute approximate surface area is 92.2 Å². The molecule has 3 N–H and O–H groups in total. The van der Waals surface area contributed by atoms with Crippen LogP contribution in [0.5, 0.6) is 0 Å². The normalized spacial score (nSPS) is 9.67. The van der Waals surface area contributed by atoms with Gasteiger partial charge in [-0.25, -0.2) is 0 Å². The number of carbonyl (C=O) groups is 2. The average molecular weight is 224 g/mol. The lowest BCUT2D eigenvalue weighted by atomic mass is 10.2. The van der Waals surface area contributed by atoms with Crippen LogP contribution in [0.15, 0.2) is 29.2 Å². The first kappa shape index (κ1) is 11.6. The van der Waals surface area contributed by atoms with E-state index in [0.717, 1.165) is 4.90 Å². The van der Waals surface area contributed by atoms with Gasteiger partial charge < -0.3 is 11.1 Å². The van der Waals surface area contributed by atoms with Crippen LogP contribution in [-0.4, -0.2) is 24.6 Å². The highest BCUT2D eigenvalue weighted by Gasteiger charge is 2.09. The number of nitrogens with two attached hydrogens (primary N) is 1. The molecule has 0 spiro atoms. The maximum atomic E-state index is 11.6. The van der Waals surface area contributed by atoms with Crippen LogP contribution in [0.3, 0.4) is 0 Å². The zero-order valence-electron chi connectivity index (χ0n) is 8.32. The van der Waals surface area contributed by atoms with Crippen LogP contribution in [0.2, 0.25) is 0 Å². The summed E-state index contributed by atoms with van der Waals surface area (Å²) in [5.41, 5.74) is 5.49. The number of carbonyl (C=O) groups excluding carboxylic acids is 2. The predicted molar refractivity (Wildman–Crippen MR) is 59.8 cm³/mol. The summed E-state index contributed by atoms with van der Waals surface area (Å²) in [4.78, 5) is 23.0. The van der Waals surface area contributed by atoms with Crippen molar-refractivity contribution < 1.29 is 9.59 Å². The summed E-state index contributed by atoms with van der Waals surface area (Å²) >= 11 is 1.48. The van der Waals surface area contributed by atoms with E-state index in [4.69, 9.17) is 5.73 Å². The molecule has 1 aromatic carbocycles. The molecule has 0 heterocycles. The van der Waals surface area contributed by atoms with E-state index in [1.807, 2.05) is 18.4 Å². The van der Waals surface area contributed by atoms with Gasteiger partial charge in [-0.1, -0.05) is 12.1 Å². The van der Waals surface area contributed by atoms with Gasteiger partial charge in [-0.05, 0) is 18.4 Å². The van der Waals surface area contributed by atoms with Crippen molar-refractivity contribution in [3.8, 4) is 0 Å². The van der Waals surface area contributed by atoms with Gasteiger partial charge in [0.1, 0.15) is 0 Å². The number of nitrogens with one attached hydrogen (secondary N) is 1. The Kier molecular flexibility index (Phi) is 4.17. The summed E-state index contributed by atoms with van der Waals surface area (Å²) < 4.78 is 0. The number of hydrogen-bond acceptors (Lipinski definition) is 3. The maximum absolute atomic E-state index is 11.6. The average Bonchev–Trinajstić information content (AvgIpc) is 2.25. The Morgan fingerprint density at radius 3 is 2.67 bits per heavy atom. The van der Waals surface area contributed by atoms with E-state index >= 15 is 0 Å². The second-order valence-corrected chi connectivity index (χ2v) is 3.70. The van der Waals surface area contributed by atoms with E-state index in [-0.39, 0.29) is 12.5 Å². The summed E-state index contributed by atoms with van der Waals surface area (Å²) in [6.45, 7) is -0.137. The van der Waals surface area contributed by atoms with Crippen molar-refractivity contribution in [2.45, 2.75) is 4.90 Å². The highest BCUT2D eigenvalue weighted by molar-refractivity contribution is 7.98. The Balaban J connectivity index is 2.77. The number of hydrogen-bond donors (Lipinski definition) is 2. The fourth-order valence-corrected chi connectivity index (χ4v) is 1.69. The molecule has 0 unspecified atom stereocenters. The monoisotopic (exact) mass is 224 g/mol. The first-order valence-electron chi connectivity index (χ1n) is 4.34. The van der Waals surface area contributed by atoms with E-state index < -0.39 is 5.91 Å². The second kappa shape index (κ2) is 5.41. The van der Waals surface area contributed by atoms with Crippen LogP contribution in [0.25, 0.3) is 0 Å². The van der Waals surface area contributed by atoms with Crippen LogP contribution in [-0.2, 0) is 4.79 Å². The zero-order valence-corrected chi connectivity index (χ0v) is 9.14. The second-order valence-electron chi connectivity index (χ2n) is 2.85. The molecule has 0 bridgehead atoms. The van der Waals surface area contributed by atoms with E-state index in [1.54, 1.807) is 12.1 Å². The van der Waals surface area contributed by atoms with Gasteiger partial charge in [-0.2, -0.15) is 0 Å². The molecule has 4 nitrogen and oxygen atoms in total. The number of benzene rings is 1. The summed E-state index contributed by atoms with van der Waals surface area (Å²) in [5, 5.41) is 2.45. The molecule has 5 heteroatoms. The van der Waals surface area contributed by atoms with Crippen molar-refractivity contribution in [2.24, 2.45) is 5.73 Å². The third kappa shape index (κ3) is 3.28. The summed E-state index contributed by atoms with van der Waals surface area (Å²) in [6.07, 6.45) is 1.89. The van der Waals surface area contributed by atoms with Gasteiger partial charge in [0, 0.05) is 4.90 Å². The van der Waals surface area contributed by atoms with Crippen molar-refractivity contribution in [3.05, 3.63) is 29.8 Å². The van der Waals surface area contributed by atoms with Crippen LogP contribution in [0.1, 0.15) is 10.4 Å². The standard InChI is InChI=1S/C10H12N2O2S/c1-15-8-5-3-2-4-7(8)10(14)12-6-9(11)13/h2-5H,6H2,1H3,(H2,11,13)(H,12,14). The van der Waals surface area contributed by atoms with Crippen LogP contribution in [0.4, 0.5) is 0 Å². The molecule has 1 rings (SSSR count). The highest BCUT2D eigenvalue weighted by atomic mass is 32.2. The molecule has 0 aliphatic carbocycles. The molecular formula is C10H12N2O2S. The quantitative estimate of drug-likeness (QED) is 0.736. The molecule has 80 valence electrons. The van der Waals surface area contributed by atoms with Gasteiger partial charge in [-0.15, -0.1) is 11.8 Å². The van der Waals surface area contributed by atoms with Crippen LogP contribution >= 0.6 is 11.8 Å². The molecule has 0 fully saturated rings. The third-order valence-corrected chi connectivity index (χ3v) is 2.57. The molecule has 0 aliphatic rings. The van der Waals surface area contributed by atoms with Gasteiger partial charge in [-0.3, -0.25) is 9.59 Å². The van der Waals surface area contributed by atoms with Gasteiger partial charge in [0.25, 0.3) is 5.91 Å². The van der Waals surface area contributed by atoms with E-state index in [9.17, 15) is 9.59 Å². The van der Waals surface area contributed by atoms with Gasteiger partial charge in [0.05, 0.1) is 12.1 Å². The van der Waals surface area contributed by atoms with Gasteiger partial charge >= 0.3 is 0 Å². The van der Waals surface area contributed by atoms with Crippen molar-refractivity contribution in [1.82, 2.24) is 5.32 Å². The van der Waals surface area contributed by atoms with Crippen LogP contribution in [0, 0.1) is 0 Å². The highest BCUT2D eigenvalue weighted by Crippen LogP contribution is 2.19. The van der Waals surface area contributed by atoms with Gasteiger partial charge in [0.2, 0.25) is 5.91 Å². The molecule has 0 aliphatic heterocycles. The number of amides is 2. The molecule has 15 heavy (non-hydrogen) atoms. The maximum Gasteiger partial charge on any atom is 0.252 e. The number of thioether (sulfide) groups is 1. The summed E-state index contributed by atoms with van der Waals surface area (Å²) in [5.74, 6) is -0.830. The Hall–Kier alpha value is -1.49. The summed E-state index contributed by atoms with van der Waals surface area (Å²) in [7, 11) is 0. The minimum atomic E-state index is -0.551. The molecule has 0 radical (unpaired) electrons. The minimum Gasteiger partial charge on any atom is -0.368 e. The lowest BCUT2D eigenvalue weighted by Gasteiger charge is -2.06. The summed E-state index contributed by atoms with van der Waals surface area (Å²) in [6, 6.07) is 7.20. The van der Waals surface area contributed by atoms with E-state index in [2.05, 4.69) is 5.32 Å². The minimum absolute atomic E-state index is 0.137. The van der Waals surface area contributed by atoms with E-state index in [0.29, 0.717) is 5.56 Å². The predicted octanol–water partition coefficient (Wildman–Crippen LogP) is 0.624. The fraction of sp³-hybridized carbons (Fsp3) is 0.200. The van der Waals surface area contributed by atoms with Crippen molar-refractivity contribution in [2.75, 3.05) is 12.8 Å². The van der Waals surface area contributed by atoms with Crippen molar-refractivity contribution in [1.29, 1.82) is 0 Å². The van der Waals surface area contributed by atoms with Gasteiger partial charge in [0.15, 0.2) is 0 Å². The Bertz CT molecular complexity index is 379. The zero-order chi connectivity index (χ0) is 11.3. The Morgan fingerprint density at radius 1 is 1.40 bits per heavy atom. The molecule has 0 aromatic heterocycles. The largest absolute Gasteiger partial charge is 0.368 e. The molecule has 0 saturated heterocycles.